The number of allylic oxidation sites excluding steroid dienone is 2. The molecule has 0 aliphatic carbocycles. The van der Waals surface area contributed by atoms with E-state index in [1.807, 2.05) is 0 Å². The van der Waals surface area contributed by atoms with E-state index in [4.69, 9.17) is 0 Å². The monoisotopic (exact) mass is 174 g/mol. The number of hydrogen-bond donors (Lipinski definition) is 0. The maximum Gasteiger partial charge on any atom is -0.0199 e. The lowest BCUT2D eigenvalue weighted by Crippen LogP contribution is -1.87. The van der Waals surface area contributed by atoms with Crippen molar-refractivity contribution in [1.29, 1.82) is 0 Å². The third-order valence-corrected chi connectivity index (χ3v) is 2.72. The summed E-state index contributed by atoms with van der Waals surface area (Å²) in [5, 5.41) is 0. The van der Waals surface area contributed by atoms with Gasteiger partial charge in [-0.3, -0.25) is 0 Å². The van der Waals surface area contributed by atoms with Gasteiger partial charge in [-0.25, -0.2) is 0 Å². The molecule has 0 heteroatoms. The van der Waals surface area contributed by atoms with Crippen LogP contribution >= 0.6 is 0 Å². The Morgan fingerprint density at radius 1 is 1.15 bits per heavy atom. The van der Waals surface area contributed by atoms with Crippen LogP contribution in [-0.2, 0) is 0 Å². The quantitative estimate of drug-likeness (QED) is 0.630. The Labute approximate surface area is 81.3 Å². The Kier molecular flexibility index (Phi) is 3.30. The molecular formula is C13H18. The van der Waals surface area contributed by atoms with Gasteiger partial charge in [-0.05, 0) is 43.9 Å². The van der Waals surface area contributed by atoms with Crippen molar-refractivity contribution in [3.05, 3.63) is 41.0 Å². The zero-order chi connectivity index (χ0) is 9.84. The predicted octanol–water partition coefficient (Wildman–Crippen LogP) is 4.20. The molecule has 0 N–H and O–H groups in total. The van der Waals surface area contributed by atoms with Crippen molar-refractivity contribution in [1.82, 2.24) is 0 Å². The van der Waals surface area contributed by atoms with Crippen LogP contribution in [0.3, 0.4) is 0 Å². The van der Waals surface area contributed by atoms with Crippen LogP contribution in [0.15, 0.2) is 29.8 Å². The van der Waals surface area contributed by atoms with Gasteiger partial charge in [0.25, 0.3) is 0 Å². The van der Waals surface area contributed by atoms with Crippen molar-refractivity contribution >= 4 is 5.57 Å². The highest BCUT2D eigenvalue weighted by Crippen LogP contribution is 2.22. The van der Waals surface area contributed by atoms with E-state index in [2.05, 4.69) is 52.0 Å². The number of benzene rings is 1. The standard InChI is InChI=1S/C13H18/c1-5-10(2)12(4)13-9-7-6-8-11(13)3/h6-9H,5H2,1-4H3/b12-10-. The summed E-state index contributed by atoms with van der Waals surface area (Å²) in [6.45, 7) is 8.79. The summed E-state index contributed by atoms with van der Waals surface area (Å²) >= 11 is 0. The topological polar surface area (TPSA) is 0 Å². The first-order valence-corrected chi connectivity index (χ1v) is 4.89. The molecular weight excluding hydrogens is 156 g/mol. The molecule has 0 spiro atoms. The van der Waals surface area contributed by atoms with Gasteiger partial charge in [-0.2, -0.15) is 0 Å². The van der Waals surface area contributed by atoms with Gasteiger partial charge in [-0.15, -0.1) is 0 Å². The zero-order valence-electron chi connectivity index (χ0n) is 9.02. The van der Waals surface area contributed by atoms with Crippen LogP contribution in [0.5, 0.6) is 0 Å². The molecule has 1 aromatic carbocycles. The average molecular weight is 174 g/mol. The van der Waals surface area contributed by atoms with Crippen LogP contribution in [0.1, 0.15) is 38.3 Å². The Morgan fingerprint density at radius 3 is 2.31 bits per heavy atom. The highest BCUT2D eigenvalue weighted by Gasteiger charge is 2.01. The molecule has 0 aliphatic rings. The normalized spacial score (nSPS) is 12.6. The molecule has 0 fully saturated rings. The van der Waals surface area contributed by atoms with E-state index in [9.17, 15) is 0 Å². The maximum absolute atomic E-state index is 2.21. The first-order valence-electron chi connectivity index (χ1n) is 4.89. The van der Waals surface area contributed by atoms with Gasteiger partial charge in [0.05, 0.1) is 0 Å². The van der Waals surface area contributed by atoms with Crippen LogP contribution in [-0.4, -0.2) is 0 Å². The summed E-state index contributed by atoms with van der Waals surface area (Å²) in [5.41, 5.74) is 5.67. The summed E-state index contributed by atoms with van der Waals surface area (Å²) in [6, 6.07) is 8.56. The van der Waals surface area contributed by atoms with Crippen LogP contribution < -0.4 is 0 Å². The summed E-state index contributed by atoms with van der Waals surface area (Å²) in [7, 11) is 0. The lowest BCUT2D eigenvalue weighted by atomic mass is 9.97. The molecule has 1 aromatic rings. The minimum atomic E-state index is 1.14. The smallest absolute Gasteiger partial charge is 0.0199 e. The second-order valence-corrected chi connectivity index (χ2v) is 3.57. The Balaban J connectivity index is 3.16. The van der Waals surface area contributed by atoms with E-state index in [1.165, 1.54) is 22.3 Å². The van der Waals surface area contributed by atoms with Crippen LogP contribution in [0.2, 0.25) is 0 Å². The molecule has 0 aliphatic heterocycles. The summed E-state index contributed by atoms with van der Waals surface area (Å²) in [4.78, 5) is 0. The molecule has 0 aromatic heterocycles. The Hall–Kier alpha value is -1.04. The highest BCUT2D eigenvalue weighted by molar-refractivity contribution is 5.68. The Bertz CT molecular complexity index is 319. The van der Waals surface area contributed by atoms with Gasteiger partial charge in [0.15, 0.2) is 0 Å². The van der Waals surface area contributed by atoms with Crippen LogP contribution in [0, 0.1) is 6.92 Å². The van der Waals surface area contributed by atoms with E-state index in [0.29, 0.717) is 0 Å². The maximum atomic E-state index is 2.21. The zero-order valence-corrected chi connectivity index (χ0v) is 9.02. The van der Waals surface area contributed by atoms with Gasteiger partial charge < -0.3 is 0 Å². The molecule has 0 nitrogen and oxygen atoms in total. The van der Waals surface area contributed by atoms with E-state index in [1.54, 1.807) is 0 Å². The van der Waals surface area contributed by atoms with Gasteiger partial charge in [0, 0.05) is 0 Å². The first kappa shape index (κ1) is 10.0. The highest BCUT2D eigenvalue weighted by atomic mass is 14.1. The lowest BCUT2D eigenvalue weighted by Gasteiger charge is -2.08. The number of hydrogen-bond acceptors (Lipinski definition) is 0. The Morgan fingerprint density at radius 2 is 1.77 bits per heavy atom. The molecule has 0 saturated carbocycles. The third-order valence-electron chi connectivity index (χ3n) is 2.72. The van der Waals surface area contributed by atoms with E-state index >= 15 is 0 Å². The molecule has 0 heterocycles. The second-order valence-electron chi connectivity index (χ2n) is 3.57. The summed E-state index contributed by atoms with van der Waals surface area (Å²) in [5.74, 6) is 0. The summed E-state index contributed by atoms with van der Waals surface area (Å²) < 4.78 is 0. The van der Waals surface area contributed by atoms with Crippen LogP contribution in [0.4, 0.5) is 0 Å². The van der Waals surface area contributed by atoms with Crippen molar-refractivity contribution in [3.8, 4) is 0 Å². The van der Waals surface area contributed by atoms with Gasteiger partial charge in [-0.1, -0.05) is 36.8 Å². The predicted molar refractivity (Wildman–Crippen MR) is 59.7 cm³/mol. The fourth-order valence-corrected chi connectivity index (χ4v) is 1.49. The molecule has 13 heavy (non-hydrogen) atoms. The SMILES string of the molecule is CC/C(C)=C(/C)c1ccccc1C. The lowest BCUT2D eigenvalue weighted by molar-refractivity contribution is 1.10. The number of aryl methyl sites for hydroxylation is 1. The first-order chi connectivity index (χ1) is 6.16. The fourth-order valence-electron chi connectivity index (χ4n) is 1.49. The fraction of sp³-hybridized carbons (Fsp3) is 0.385. The molecule has 0 unspecified atom stereocenters. The van der Waals surface area contributed by atoms with Crippen molar-refractivity contribution < 1.29 is 0 Å². The van der Waals surface area contributed by atoms with Gasteiger partial charge in [0.2, 0.25) is 0 Å². The molecule has 0 saturated heterocycles. The van der Waals surface area contributed by atoms with Crippen LogP contribution in [0.25, 0.3) is 5.57 Å². The average Bonchev–Trinajstić information content (AvgIpc) is 2.16. The summed E-state index contributed by atoms with van der Waals surface area (Å²) in [6.07, 6.45) is 1.14. The van der Waals surface area contributed by atoms with E-state index < -0.39 is 0 Å². The molecule has 0 amide bonds. The van der Waals surface area contributed by atoms with Crippen molar-refractivity contribution in [2.45, 2.75) is 34.1 Å². The second kappa shape index (κ2) is 4.27. The molecule has 0 radical (unpaired) electrons. The minimum Gasteiger partial charge on any atom is -0.0701 e. The molecule has 0 bridgehead atoms. The minimum absolute atomic E-state index is 1.14. The molecule has 70 valence electrons. The van der Waals surface area contributed by atoms with Crippen molar-refractivity contribution in [2.75, 3.05) is 0 Å². The van der Waals surface area contributed by atoms with Crippen molar-refractivity contribution in [2.24, 2.45) is 0 Å². The number of rotatable bonds is 2. The largest absolute Gasteiger partial charge is 0.0701 e. The third kappa shape index (κ3) is 2.21. The van der Waals surface area contributed by atoms with Crippen molar-refractivity contribution in [3.63, 3.8) is 0 Å². The molecule has 0 atom stereocenters. The van der Waals surface area contributed by atoms with E-state index in [-0.39, 0.29) is 0 Å². The van der Waals surface area contributed by atoms with Gasteiger partial charge in [0.1, 0.15) is 0 Å². The molecule has 1 rings (SSSR count). The van der Waals surface area contributed by atoms with Gasteiger partial charge >= 0.3 is 0 Å². The van der Waals surface area contributed by atoms with E-state index in [0.717, 1.165) is 6.42 Å².